The maximum Gasteiger partial charge on any atom is 0.305 e. The van der Waals surface area contributed by atoms with Gasteiger partial charge in [-0.2, -0.15) is 0 Å². The van der Waals surface area contributed by atoms with Crippen LogP contribution >= 0.6 is 23.2 Å². The van der Waals surface area contributed by atoms with Crippen molar-refractivity contribution in [3.8, 4) is 0 Å². The number of aliphatic carboxylic acids is 1. The van der Waals surface area contributed by atoms with Crippen molar-refractivity contribution in [1.82, 2.24) is 9.88 Å². The number of amides is 1. The van der Waals surface area contributed by atoms with Gasteiger partial charge < -0.3 is 15.0 Å². The molecule has 2 aromatic carbocycles. The van der Waals surface area contributed by atoms with Gasteiger partial charge in [0.05, 0.1) is 12.5 Å². The summed E-state index contributed by atoms with van der Waals surface area (Å²) in [4.78, 5) is 29.6. The van der Waals surface area contributed by atoms with E-state index >= 15 is 0 Å². The average molecular weight is 403 g/mol. The number of carboxylic acid groups (broad SMARTS) is 1. The number of fused-ring (bicyclic) bond motifs is 3. The van der Waals surface area contributed by atoms with Crippen LogP contribution in [-0.4, -0.2) is 33.4 Å². The highest BCUT2D eigenvalue weighted by Gasteiger charge is 2.35. The van der Waals surface area contributed by atoms with Crippen molar-refractivity contribution < 1.29 is 14.7 Å². The fourth-order valence-electron chi connectivity index (χ4n) is 3.77. The fraction of sp³-hybridized carbons (Fsp3) is 0.200. The van der Waals surface area contributed by atoms with Crippen LogP contribution in [0.3, 0.4) is 0 Å². The normalized spacial score (nSPS) is 16.4. The maximum absolute atomic E-state index is 13.1. The molecule has 3 aromatic rings. The van der Waals surface area contributed by atoms with E-state index in [-0.39, 0.29) is 12.3 Å². The third kappa shape index (κ3) is 3.29. The molecule has 0 aliphatic carbocycles. The van der Waals surface area contributed by atoms with Crippen molar-refractivity contribution in [2.75, 3.05) is 6.54 Å². The summed E-state index contributed by atoms with van der Waals surface area (Å²) < 4.78 is 0. The summed E-state index contributed by atoms with van der Waals surface area (Å²) in [5, 5.41) is 11.4. The number of aromatic nitrogens is 1. The highest BCUT2D eigenvalue weighted by Crippen LogP contribution is 2.39. The predicted octanol–water partition coefficient (Wildman–Crippen LogP) is 4.69. The van der Waals surface area contributed by atoms with E-state index in [9.17, 15) is 14.7 Å². The first-order chi connectivity index (χ1) is 12.9. The fourth-order valence-corrected chi connectivity index (χ4v) is 4.13. The van der Waals surface area contributed by atoms with Crippen LogP contribution in [0, 0.1) is 0 Å². The van der Waals surface area contributed by atoms with Gasteiger partial charge in [0.25, 0.3) is 5.91 Å². The van der Waals surface area contributed by atoms with Crippen LogP contribution in [-0.2, 0) is 11.2 Å². The van der Waals surface area contributed by atoms with Crippen LogP contribution in [0.5, 0.6) is 0 Å². The number of H-pyrrole nitrogens is 1. The Morgan fingerprint density at radius 3 is 2.67 bits per heavy atom. The first-order valence-corrected chi connectivity index (χ1v) is 9.28. The van der Waals surface area contributed by atoms with Crippen molar-refractivity contribution in [1.29, 1.82) is 0 Å². The molecule has 1 aromatic heterocycles. The molecule has 27 heavy (non-hydrogen) atoms. The topological polar surface area (TPSA) is 73.4 Å². The molecule has 2 N–H and O–H groups in total. The molecule has 2 heterocycles. The van der Waals surface area contributed by atoms with E-state index in [1.807, 2.05) is 12.1 Å². The number of nitrogens with one attached hydrogen (secondary N) is 1. The lowest BCUT2D eigenvalue weighted by Crippen LogP contribution is -2.40. The molecular formula is C20H16Cl2N2O3. The summed E-state index contributed by atoms with van der Waals surface area (Å²) in [6.07, 6.45) is 0.433. The van der Waals surface area contributed by atoms with Crippen molar-refractivity contribution in [2.45, 2.75) is 18.9 Å². The van der Waals surface area contributed by atoms with Gasteiger partial charge in [-0.05, 0) is 36.4 Å². The average Bonchev–Trinajstić information content (AvgIpc) is 2.99. The number of rotatable bonds is 3. The van der Waals surface area contributed by atoms with Crippen molar-refractivity contribution in [3.05, 3.63) is 69.3 Å². The van der Waals surface area contributed by atoms with Crippen LogP contribution in [0.2, 0.25) is 10.0 Å². The molecule has 1 amide bonds. The van der Waals surface area contributed by atoms with E-state index in [0.29, 0.717) is 28.6 Å². The minimum atomic E-state index is -0.965. The maximum atomic E-state index is 13.1. The number of hydrogen-bond acceptors (Lipinski definition) is 2. The van der Waals surface area contributed by atoms with E-state index in [0.717, 1.165) is 22.2 Å². The smallest absolute Gasteiger partial charge is 0.305 e. The second-order valence-corrected chi connectivity index (χ2v) is 7.45. The van der Waals surface area contributed by atoms with Crippen molar-refractivity contribution in [2.24, 2.45) is 0 Å². The standard InChI is InChI=1S/C20H16Cl2N2O3/c21-12-3-1-2-11(8-12)20(27)24-7-6-16-19(17(24)10-18(25)26)14-9-13(22)4-5-15(14)23-16/h1-5,8-9,17,23H,6-7,10H2,(H,25,26). The minimum Gasteiger partial charge on any atom is -0.481 e. The van der Waals surface area contributed by atoms with Gasteiger partial charge in [0.2, 0.25) is 0 Å². The third-order valence-corrected chi connectivity index (χ3v) is 5.37. The molecule has 138 valence electrons. The van der Waals surface area contributed by atoms with Gasteiger partial charge in [-0.15, -0.1) is 0 Å². The van der Waals surface area contributed by atoms with Gasteiger partial charge in [0, 0.05) is 50.7 Å². The number of carboxylic acids is 1. The number of benzene rings is 2. The van der Waals surface area contributed by atoms with Crippen LogP contribution in [0.1, 0.15) is 34.1 Å². The molecule has 5 nitrogen and oxygen atoms in total. The highest BCUT2D eigenvalue weighted by molar-refractivity contribution is 6.31. The Morgan fingerprint density at radius 2 is 1.93 bits per heavy atom. The van der Waals surface area contributed by atoms with Gasteiger partial charge in [0.1, 0.15) is 0 Å². The molecule has 0 radical (unpaired) electrons. The van der Waals surface area contributed by atoms with Crippen molar-refractivity contribution in [3.63, 3.8) is 0 Å². The molecule has 0 spiro atoms. The van der Waals surface area contributed by atoms with E-state index < -0.39 is 12.0 Å². The van der Waals surface area contributed by atoms with Gasteiger partial charge in [-0.25, -0.2) is 0 Å². The molecule has 1 aliphatic heterocycles. The summed E-state index contributed by atoms with van der Waals surface area (Å²) in [6, 6.07) is 11.6. The van der Waals surface area contributed by atoms with E-state index in [4.69, 9.17) is 23.2 Å². The molecule has 1 unspecified atom stereocenters. The van der Waals surface area contributed by atoms with E-state index in [1.165, 1.54) is 0 Å². The zero-order valence-corrected chi connectivity index (χ0v) is 15.7. The van der Waals surface area contributed by atoms with Crippen LogP contribution < -0.4 is 0 Å². The predicted molar refractivity (Wildman–Crippen MR) is 104 cm³/mol. The van der Waals surface area contributed by atoms with Crippen LogP contribution in [0.4, 0.5) is 0 Å². The monoisotopic (exact) mass is 402 g/mol. The Bertz CT molecular complexity index is 1060. The lowest BCUT2D eigenvalue weighted by molar-refractivity contribution is -0.138. The second kappa shape index (κ2) is 6.91. The lowest BCUT2D eigenvalue weighted by atomic mass is 9.92. The second-order valence-electron chi connectivity index (χ2n) is 6.58. The molecule has 1 aliphatic rings. The first-order valence-electron chi connectivity index (χ1n) is 8.52. The SMILES string of the molecule is O=C(O)CC1c2c([nH]c3ccc(Cl)cc23)CCN1C(=O)c1cccc(Cl)c1. The number of halogens is 2. The summed E-state index contributed by atoms with van der Waals surface area (Å²) in [7, 11) is 0. The Hall–Kier alpha value is -2.50. The summed E-state index contributed by atoms with van der Waals surface area (Å²) >= 11 is 12.2. The number of hydrogen-bond donors (Lipinski definition) is 2. The summed E-state index contributed by atoms with van der Waals surface area (Å²) in [6.45, 7) is 0.427. The molecule has 0 fully saturated rings. The van der Waals surface area contributed by atoms with Gasteiger partial charge in [-0.3, -0.25) is 9.59 Å². The molecule has 0 saturated carbocycles. The largest absolute Gasteiger partial charge is 0.481 e. The van der Waals surface area contributed by atoms with Crippen LogP contribution in [0.25, 0.3) is 10.9 Å². The Kier molecular flexibility index (Phi) is 4.58. The molecule has 1 atom stereocenters. The highest BCUT2D eigenvalue weighted by atomic mass is 35.5. The number of nitrogens with zero attached hydrogens (tertiary/aromatic N) is 1. The van der Waals surface area contributed by atoms with E-state index in [2.05, 4.69) is 4.98 Å². The van der Waals surface area contributed by atoms with Gasteiger partial charge in [0.15, 0.2) is 0 Å². The number of aromatic amines is 1. The molecule has 0 saturated heterocycles. The Balaban J connectivity index is 1.82. The molecule has 7 heteroatoms. The molecular weight excluding hydrogens is 387 g/mol. The minimum absolute atomic E-state index is 0.182. The lowest BCUT2D eigenvalue weighted by Gasteiger charge is -2.35. The zero-order chi connectivity index (χ0) is 19.1. The summed E-state index contributed by atoms with van der Waals surface area (Å²) in [5.74, 6) is -1.20. The Morgan fingerprint density at radius 1 is 1.15 bits per heavy atom. The number of carbonyl (C=O) groups is 2. The van der Waals surface area contributed by atoms with Crippen LogP contribution in [0.15, 0.2) is 42.5 Å². The van der Waals surface area contributed by atoms with Gasteiger partial charge >= 0.3 is 5.97 Å². The Labute approximate surface area is 165 Å². The molecule has 4 rings (SSSR count). The summed E-state index contributed by atoms with van der Waals surface area (Å²) in [5.41, 5.74) is 3.11. The van der Waals surface area contributed by atoms with Crippen molar-refractivity contribution >= 4 is 46.0 Å². The van der Waals surface area contributed by atoms with Gasteiger partial charge in [-0.1, -0.05) is 29.3 Å². The number of carbonyl (C=O) groups excluding carboxylic acids is 1. The molecule has 0 bridgehead atoms. The zero-order valence-electron chi connectivity index (χ0n) is 14.2. The van der Waals surface area contributed by atoms with E-state index in [1.54, 1.807) is 35.2 Å². The quantitative estimate of drug-likeness (QED) is 0.667. The first kappa shape index (κ1) is 17.9. The third-order valence-electron chi connectivity index (χ3n) is 4.90.